The van der Waals surface area contributed by atoms with E-state index >= 15 is 0 Å². The van der Waals surface area contributed by atoms with Crippen molar-refractivity contribution < 1.29 is 57.0 Å². The number of amides is 1. The van der Waals surface area contributed by atoms with Crippen LogP contribution in [0.4, 0.5) is 0 Å². The van der Waals surface area contributed by atoms with E-state index < -0.39 is 78.5 Å². The van der Waals surface area contributed by atoms with Crippen LogP contribution in [0.5, 0.6) is 0 Å². The minimum absolute atomic E-state index is 0.157. The number of aliphatic hydroxyl groups excluding tert-OH is 5. The van der Waals surface area contributed by atoms with Crippen LogP contribution in [0.15, 0.2) is 24.3 Å². The number of hydrogen-bond acceptors (Lipinski definition) is 11. The van der Waals surface area contributed by atoms with Gasteiger partial charge < -0.3 is 40.3 Å². The second-order valence-corrected chi connectivity index (χ2v) is 12.6. The molecule has 45 heavy (non-hydrogen) atoms. The fraction of sp³-hybridized carbons (Fsp3) is 0.839. The summed E-state index contributed by atoms with van der Waals surface area (Å²) in [6.45, 7) is 3.01. The summed E-state index contributed by atoms with van der Waals surface area (Å²) in [4.78, 5) is 12.8. The van der Waals surface area contributed by atoms with Gasteiger partial charge in [-0.3, -0.25) is 9.35 Å². The van der Waals surface area contributed by atoms with E-state index in [1.165, 1.54) is 25.3 Å². The summed E-state index contributed by atoms with van der Waals surface area (Å²) >= 11 is 0. The Morgan fingerprint density at radius 2 is 1.47 bits per heavy atom. The molecule has 0 spiro atoms. The first-order valence-corrected chi connectivity index (χ1v) is 17.7. The van der Waals surface area contributed by atoms with Gasteiger partial charge in [0.25, 0.3) is 0 Å². The number of nitrogens with one attached hydrogen (secondary N) is 1. The molecule has 0 bridgehead atoms. The molecule has 7 N–H and O–H groups in total. The second-order valence-electron chi connectivity index (χ2n) is 11.5. The maximum Gasteiger partial charge on any atom is 0.397 e. The molecule has 0 radical (unpaired) electrons. The lowest BCUT2D eigenvalue weighted by atomic mass is 9.99. The van der Waals surface area contributed by atoms with E-state index in [4.69, 9.17) is 14.0 Å². The van der Waals surface area contributed by atoms with Gasteiger partial charge in [-0.1, -0.05) is 89.5 Å². The van der Waals surface area contributed by atoms with Crippen molar-refractivity contribution in [1.29, 1.82) is 0 Å². The summed E-state index contributed by atoms with van der Waals surface area (Å²) in [5.74, 6) is -0.746. The molecule has 1 amide bonds. The van der Waals surface area contributed by atoms with E-state index in [1.807, 2.05) is 12.2 Å². The predicted molar refractivity (Wildman–Crippen MR) is 168 cm³/mol. The Hall–Kier alpha value is -1.46. The minimum atomic E-state index is -5.11. The van der Waals surface area contributed by atoms with Gasteiger partial charge in [0.15, 0.2) is 6.29 Å². The SMILES string of the molecule is CCCCCC/C=C\CCC(O)C(=O)NC(COC1OC(CO)C(O)C(OS(=O)(=O)O)C1O)C(O)/C=C/CCCCCCCC. The Labute approximate surface area is 268 Å². The first-order chi connectivity index (χ1) is 21.4. The summed E-state index contributed by atoms with van der Waals surface area (Å²) in [7, 11) is -5.11. The van der Waals surface area contributed by atoms with Gasteiger partial charge in [-0.2, -0.15) is 8.42 Å². The van der Waals surface area contributed by atoms with Crippen LogP contribution >= 0.6 is 0 Å². The van der Waals surface area contributed by atoms with Crippen LogP contribution in [-0.4, -0.2) is 107 Å². The quantitative estimate of drug-likeness (QED) is 0.0425. The van der Waals surface area contributed by atoms with Gasteiger partial charge >= 0.3 is 10.4 Å². The highest BCUT2D eigenvalue weighted by Crippen LogP contribution is 2.26. The first kappa shape index (κ1) is 41.6. The van der Waals surface area contributed by atoms with Gasteiger partial charge in [0.05, 0.1) is 25.4 Å². The fourth-order valence-electron chi connectivity index (χ4n) is 4.87. The molecule has 1 aliphatic rings. The van der Waals surface area contributed by atoms with Crippen molar-refractivity contribution in [3.8, 4) is 0 Å². The van der Waals surface area contributed by atoms with E-state index in [9.17, 15) is 38.7 Å². The van der Waals surface area contributed by atoms with Crippen LogP contribution in [0, 0.1) is 0 Å². The molecule has 14 heteroatoms. The Kier molecular flexibility index (Phi) is 22.0. The molecule has 13 nitrogen and oxygen atoms in total. The van der Waals surface area contributed by atoms with E-state index in [2.05, 4.69) is 23.3 Å². The summed E-state index contributed by atoms with van der Waals surface area (Å²) in [6.07, 6.45) is 9.22. The average Bonchev–Trinajstić information content (AvgIpc) is 2.99. The van der Waals surface area contributed by atoms with E-state index in [-0.39, 0.29) is 6.42 Å². The smallest absolute Gasteiger partial charge is 0.394 e. The van der Waals surface area contributed by atoms with Gasteiger partial charge in [0.1, 0.15) is 30.5 Å². The zero-order valence-corrected chi connectivity index (χ0v) is 27.6. The number of aliphatic hydroxyl groups is 5. The maximum atomic E-state index is 12.8. The topological polar surface area (TPSA) is 212 Å². The Bertz CT molecular complexity index is 947. The summed E-state index contributed by atoms with van der Waals surface area (Å²) in [5, 5.41) is 54.3. The fourth-order valence-corrected chi connectivity index (χ4v) is 5.38. The standard InChI is InChI=1S/C31H57NO12S/c1-3-5-7-9-11-13-15-17-19-24(34)23(32-30(38)25(35)20-18-16-14-12-10-8-6-4-2)22-42-31-28(37)29(44-45(39,40)41)27(36)26(21-33)43-31/h14,16-17,19,23-29,31,33-37H,3-13,15,18,20-22H2,1-2H3,(H,32,38)(H,39,40,41)/b16-14-,19-17+. The molecule has 1 saturated heterocycles. The summed E-state index contributed by atoms with van der Waals surface area (Å²) in [5.41, 5.74) is 0. The Balaban J connectivity index is 2.86. The van der Waals surface area contributed by atoms with E-state index in [0.717, 1.165) is 51.4 Å². The number of allylic oxidation sites excluding steroid dienone is 3. The van der Waals surface area contributed by atoms with Crippen LogP contribution in [0.25, 0.3) is 0 Å². The van der Waals surface area contributed by atoms with Gasteiger partial charge in [-0.05, 0) is 38.5 Å². The van der Waals surface area contributed by atoms with Gasteiger partial charge in [-0.15, -0.1) is 0 Å². The molecule has 0 aliphatic carbocycles. The minimum Gasteiger partial charge on any atom is -0.394 e. The van der Waals surface area contributed by atoms with Crippen molar-refractivity contribution in [2.45, 2.75) is 153 Å². The molecule has 1 fully saturated rings. The zero-order valence-electron chi connectivity index (χ0n) is 26.8. The number of rotatable bonds is 25. The largest absolute Gasteiger partial charge is 0.397 e. The molecule has 1 aliphatic heterocycles. The molecular weight excluding hydrogens is 610 g/mol. The van der Waals surface area contributed by atoms with Crippen LogP contribution < -0.4 is 5.32 Å². The van der Waals surface area contributed by atoms with Crippen molar-refractivity contribution in [2.75, 3.05) is 13.2 Å². The highest BCUT2D eigenvalue weighted by molar-refractivity contribution is 7.80. The Morgan fingerprint density at radius 3 is 2.09 bits per heavy atom. The van der Waals surface area contributed by atoms with Crippen molar-refractivity contribution in [3.05, 3.63) is 24.3 Å². The molecule has 0 aromatic heterocycles. The van der Waals surface area contributed by atoms with Crippen molar-refractivity contribution in [2.24, 2.45) is 0 Å². The maximum absolute atomic E-state index is 12.8. The average molecular weight is 668 g/mol. The number of unbranched alkanes of at least 4 members (excludes halogenated alkanes) is 10. The number of carbonyl (C=O) groups is 1. The van der Waals surface area contributed by atoms with Crippen LogP contribution in [0.3, 0.4) is 0 Å². The molecule has 0 saturated carbocycles. The van der Waals surface area contributed by atoms with Crippen molar-refractivity contribution >= 4 is 16.3 Å². The molecule has 0 aromatic rings. The summed E-state index contributed by atoms with van der Waals surface area (Å²) < 4.78 is 46.9. The monoisotopic (exact) mass is 667 g/mol. The van der Waals surface area contributed by atoms with E-state index in [0.29, 0.717) is 12.8 Å². The van der Waals surface area contributed by atoms with Crippen molar-refractivity contribution in [1.82, 2.24) is 5.32 Å². The molecule has 1 rings (SSSR count). The van der Waals surface area contributed by atoms with E-state index in [1.54, 1.807) is 6.08 Å². The molecule has 0 aromatic carbocycles. The van der Waals surface area contributed by atoms with Crippen LogP contribution in [0.2, 0.25) is 0 Å². The predicted octanol–water partition coefficient (Wildman–Crippen LogP) is 2.45. The number of carbonyl (C=O) groups excluding carboxylic acids is 1. The highest BCUT2D eigenvalue weighted by atomic mass is 32.3. The second kappa shape index (κ2) is 23.8. The van der Waals surface area contributed by atoms with Crippen LogP contribution in [0.1, 0.15) is 104 Å². The highest BCUT2D eigenvalue weighted by Gasteiger charge is 2.48. The lowest BCUT2D eigenvalue weighted by molar-refractivity contribution is -0.298. The Morgan fingerprint density at radius 1 is 0.889 bits per heavy atom. The van der Waals surface area contributed by atoms with Gasteiger partial charge in [0.2, 0.25) is 5.91 Å². The normalized spacial score (nSPS) is 24.7. The lowest BCUT2D eigenvalue weighted by Crippen LogP contribution is -2.61. The molecule has 264 valence electrons. The summed E-state index contributed by atoms with van der Waals surface area (Å²) in [6, 6.07) is -1.13. The number of hydrogen-bond donors (Lipinski definition) is 7. The van der Waals surface area contributed by atoms with Gasteiger partial charge in [-0.25, -0.2) is 4.18 Å². The third-order valence-electron chi connectivity index (χ3n) is 7.59. The molecule has 8 atom stereocenters. The first-order valence-electron chi connectivity index (χ1n) is 16.3. The molecule has 1 heterocycles. The van der Waals surface area contributed by atoms with Crippen molar-refractivity contribution in [3.63, 3.8) is 0 Å². The lowest BCUT2D eigenvalue weighted by Gasteiger charge is -2.41. The number of ether oxygens (including phenoxy) is 2. The van der Waals surface area contributed by atoms with Crippen LogP contribution in [-0.2, 0) is 28.9 Å². The third-order valence-corrected chi connectivity index (χ3v) is 8.06. The zero-order chi connectivity index (χ0) is 33.7. The molecular formula is C31H57NO12S. The molecule has 8 unspecified atom stereocenters. The third kappa shape index (κ3) is 17.9. The van der Waals surface area contributed by atoms with Gasteiger partial charge in [0, 0.05) is 0 Å².